The fourth-order valence-corrected chi connectivity index (χ4v) is 3.64. The molecule has 0 saturated carbocycles. The SMILES string of the molecule is CN(CC(CC(=O)O)c1ccccc1)S(=O)(=O)c1ccccc1. The van der Waals surface area contributed by atoms with E-state index in [-0.39, 0.29) is 17.9 Å². The van der Waals surface area contributed by atoms with E-state index in [2.05, 4.69) is 0 Å². The first-order valence-corrected chi connectivity index (χ1v) is 8.63. The Kier molecular flexibility index (Phi) is 5.52. The van der Waals surface area contributed by atoms with Gasteiger partial charge in [0.2, 0.25) is 10.0 Å². The Morgan fingerprint density at radius 2 is 1.57 bits per heavy atom. The highest BCUT2D eigenvalue weighted by atomic mass is 32.2. The van der Waals surface area contributed by atoms with E-state index >= 15 is 0 Å². The number of aliphatic carboxylic acids is 1. The number of likely N-dealkylation sites (N-methyl/N-ethyl adjacent to an activating group) is 1. The molecule has 1 atom stereocenters. The predicted molar refractivity (Wildman–Crippen MR) is 87.7 cm³/mol. The van der Waals surface area contributed by atoms with E-state index in [0.29, 0.717) is 0 Å². The first-order chi connectivity index (χ1) is 10.9. The van der Waals surface area contributed by atoms with E-state index in [1.807, 2.05) is 30.3 Å². The molecular weight excluding hydrogens is 314 g/mol. The fourth-order valence-electron chi connectivity index (χ4n) is 2.40. The van der Waals surface area contributed by atoms with Crippen molar-refractivity contribution in [3.8, 4) is 0 Å². The highest BCUT2D eigenvalue weighted by Gasteiger charge is 2.25. The van der Waals surface area contributed by atoms with Crippen molar-refractivity contribution in [2.45, 2.75) is 17.2 Å². The van der Waals surface area contributed by atoms with E-state index in [1.165, 1.54) is 23.5 Å². The second-order valence-electron chi connectivity index (χ2n) is 5.30. The number of carbonyl (C=O) groups is 1. The maximum atomic E-state index is 12.6. The first-order valence-electron chi connectivity index (χ1n) is 7.19. The average molecular weight is 333 g/mol. The van der Waals surface area contributed by atoms with Crippen molar-refractivity contribution in [2.24, 2.45) is 0 Å². The Hall–Kier alpha value is -2.18. The number of carboxylic acids is 1. The Morgan fingerprint density at radius 3 is 2.09 bits per heavy atom. The van der Waals surface area contributed by atoms with E-state index in [4.69, 9.17) is 5.11 Å². The van der Waals surface area contributed by atoms with Gasteiger partial charge in [-0.1, -0.05) is 48.5 Å². The van der Waals surface area contributed by atoms with Crippen LogP contribution in [-0.4, -0.2) is 37.4 Å². The normalized spacial score (nSPS) is 13.0. The quantitative estimate of drug-likeness (QED) is 0.845. The van der Waals surface area contributed by atoms with Gasteiger partial charge in [0.1, 0.15) is 0 Å². The molecule has 0 aliphatic carbocycles. The number of hydrogen-bond acceptors (Lipinski definition) is 3. The summed E-state index contributed by atoms with van der Waals surface area (Å²) in [4.78, 5) is 11.3. The maximum Gasteiger partial charge on any atom is 0.304 e. The van der Waals surface area contributed by atoms with Crippen LogP contribution in [0.3, 0.4) is 0 Å². The Labute approximate surface area is 136 Å². The van der Waals surface area contributed by atoms with E-state index in [0.717, 1.165) is 5.56 Å². The fraction of sp³-hybridized carbons (Fsp3) is 0.235. The monoisotopic (exact) mass is 333 g/mol. The van der Waals surface area contributed by atoms with Crippen LogP contribution in [0, 0.1) is 0 Å². The van der Waals surface area contributed by atoms with Gasteiger partial charge in [-0.3, -0.25) is 4.79 Å². The Morgan fingerprint density at radius 1 is 1.04 bits per heavy atom. The van der Waals surface area contributed by atoms with Crippen molar-refractivity contribution >= 4 is 16.0 Å². The van der Waals surface area contributed by atoms with Gasteiger partial charge >= 0.3 is 5.97 Å². The number of nitrogens with zero attached hydrogens (tertiary/aromatic N) is 1. The molecule has 0 fully saturated rings. The molecule has 0 radical (unpaired) electrons. The molecule has 2 aromatic rings. The van der Waals surface area contributed by atoms with Gasteiger partial charge in [0.05, 0.1) is 11.3 Å². The summed E-state index contributed by atoms with van der Waals surface area (Å²) in [6.07, 6.45) is -0.126. The molecule has 23 heavy (non-hydrogen) atoms. The lowest BCUT2D eigenvalue weighted by molar-refractivity contribution is -0.137. The smallest absolute Gasteiger partial charge is 0.304 e. The van der Waals surface area contributed by atoms with Crippen LogP contribution in [0.1, 0.15) is 17.9 Å². The third-order valence-corrected chi connectivity index (χ3v) is 5.46. The third kappa shape index (κ3) is 4.40. The van der Waals surface area contributed by atoms with Crippen molar-refractivity contribution in [3.05, 3.63) is 66.2 Å². The first kappa shape index (κ1) is 17.2. The zero-order valence-electron chi connectivity index (χ0n) is 12.8. The summed E-state index contributed by atoms with van der Waals surface area (Å²) < 4.78 is 26.3. The number of carboxylic acid groups (broad SMARTS) is 1. The highest BCUT2D eigenvalue weighted by Crippen LogP contribution is 2.23. The molecule has 0 spiro atoms. The van der Waals surface area contributed by atoms with Crippen LogP contribution in [-0.2, 0) is 14.8 Å². The van der Waals surface area contributed by atoms with E-state index < -0.39 is 21.9 Å². The zero-order chi connectivity index (χ0) is 16.9. The molecule has 0 aliphatic heterocycles. The van der Waals surface area contributed by atoms with Crippen LogP contribution in [0.4, 0.5) is 0 Å². The number of sulfonamides is 1. The van der Waals surface area contributed by atoms with E-state index in [9.17, 15) is 13.2 Å². The summed E-state index contributed by atoms with van der Waals surface area (Å²) in [6, 6.07) is 17.2. The summed E-state index contributed by atoms with van der Waals surface area (Å²) in [5, 5.41) is 9.11. The highest BCUT2D eigenvalue weighted by molar-refractivity contribution is 7.89. The van der Waals surface area contributed by atoms with Gasteiger partial charge in [0.25, 0.3) is 0 Å². The molecule has 122 valence electrons. The molecule has 0 aromatic heterocycles. The molecule has 0 amide bonds. The second kappa shape index (κ2) is 7.39. The van der Waals surface area contributed by atoms with Crippen LogP contribution < -0.4 is 0 Å². The molecule has 2 rings (SSSR count). The summed E-state index contributed by atoms with van der Waals surface area (Å²) in [6.45, 7) is 0.105. The molecule has 0 bridgehead atoms. The summed E-state index contributed by atoms with van der Waals surface area (Å²) in [5.74, 6) is -1.36. The van der Waals surface area contributed by atoms with Crippen LogP contribution in [0.25, 0.3) is 0 Å². The minimum Gasteiger partial charge on any atom is -0.481 e. The van der Waals surface area contributed by atoms with Gasteiger partial charge in [0.15, 0.2) is 0 Å². The second-order valence-corrected chi connectivity index (χ2v) is 7.35. The minimum atomic E-state index is -3.64. The van der Waals surface area contributed by atoms with Gasteiger partial charge in [-0.25, -0.2) is 12.7 Å². The summed E-state index contributed by atoms with van der Waals surface area (Å²) >= 11 is 0. The molecule has 0 heterocycles. The molecule has 2 aromatic carbocycles. The molecule has 5 nitrogen and oxygen atoms in total. The van der Waals surface area contributed by atoms with Crippen molar-refractivity contribution in [2.75, 3.05) is 13.6 Å². The number of rotatable bonds is 7. The van der Waals surface area contributed by atoms with Crippen LogP contribution in [0.5, 0.6) is 0 Å². The van der Waals surface area contributed by atoms with Gasteiger partial charge in [-0.15, -0.1) is 0 Å². The van der Waals surface area contributed by atoms with E-state index in [1.54, 1.807) is 18.2 Å². The molecule has 1 unspecified atom stereocenters. The van der Waals surface area contributed by atoms with Crippen molar-refractivity contribution < 1.29 is 18.3 Å². The van der Waals surface area contributed by atoms with Gasteiger partial charge in [0, 0.05) is 19.5 Å². The molecule has 1 N–H and O–H groups in total. The average Bonchev–Trinajstić information content (AvgIpc) is 2.55. The lowest BCUT2D eigenvalue weighted by Crippen LogP contribution is -2.32. The lowest BCUT2D eigenvalue weighted by atomic mass is 9.96. The zero-order valence-corrected chi connectivity index (χ0v) is 13.6. The van der Waals surface area contributed by atoms with Crippen LogP contribution in [0.2, 0.25) is 0 Å². The molecule has 0 aliphatic rings. The largest absolute Gasteiger partial charge is 0.481 e. The number of benzene rings is 2. The lowest BCUT2D eigenvalue weighted by Gasteiger charge is -2.23. The Balaban J connectivity index is 2.24. The topological polar surface area (TPSA) is 74.7 Å². The van der Waals surface area contributed by atoms with Gasteiger partial charge in [-0.2, -0.15) is 0 Å². The molecule has 6 heteroatoms. The Bertz CT molecular complexity index is 745. The van der Waals surface area contributed by atoms with Gasteiger partial charge < -0.3 is 5.11 Å². The van der Waals surface area contributed by atoms with Crippen molar-refractivity contribution in [1.29, 1.82) is 0 Å². The number of hydrogen-bond donors (Lipinski definition) is 1. The van der Waals surface area contributed by atoms with Crippen LogP contribution in [0.15, 0.2) is 65.6 Å². The standard InChI is InChI=1S/C17H19NO4S/c1-18(23(21,22)16-10-6-3-7-11-16)13-15(12-17(19)20)14-8-4-2-5-9-14/h2-11,15H,12-13H2,1H3,(H,19,20). The van der Waals surface area contributed by atoms with Gasteiger partial charge in [-0.05, 0) is 17.7 Å². The maximum absolute atomic E-state index is 12.6. The predicted octanol–water partition coefficient (Wildman–Crippen LogP) is 2.57. The molecular formula is C17H19NO4S. The summed E-state index contributed by atoms with van der Waals surface area (Å²) in [5.41, 5.74) is 0.810. The van der Waals surface area contributed by atoms with Crippen LogP contribution >= 0.6 is 0 Å². The van der Waals surface area contributed by atoms with Crippen molar-refractivity contribution in [3.63, 3.8) is 0 Å². The third-order valence-electron chi connectivity index (χ3n) is 3.62. The minimum absolute atomic E-state index is 0.105. The summed E-state index contributed by atoms with van der Waals surface area (Å²) in [7, 11) is -2.17. The van der Waals surface area contributed by atoms with Crippen molar-refractivity contribution in [1.82, 2.24) is 4.31 Å². The molecule has 0 saturated heterocycles.